The first-order chi connectivity index (χ1) is 13.6. The predicted molar refractivity (Wildman–Crippen MR) is 111 cm³/mol. The van der Waals surface area contributed by atoms with Crippen LogP contribution in [0.1, 0.15) is 36.8 Å². The number of nitrogens with one attached hydrogen (secondary N) is 1. The van der Waals surface area contributed by atoms with Crippen LogP contribution < -0.4 is 10.1 Å². The summed E-state index contributed by atoms with van der Waals surface area (Å²) in [5.41, 5.74) is 2.52. The van der Waals surface area contributed by atoms with Gasteiger partial charge in [-0.3, -0.25) is 9.59 Å². The zero-order valence-electron chi connectivity index (χ0n) is 16.4. The van der Waals surface area contributed by atoms with Crippen LogP contribution in [0.2, 0.25) is 0 Å². The Balaban J connectivity index is 1.82. The highest BCUT2D eigenvalue weighted by Gasteiger charge is 2.34. The van der Waals surface area contributed by atoms with Crippen LogP contribution in [0.15, 0.2) is 54.6 Å². The Kier molecular flexibility index (Phi) is 6.48. The summed E-state index contributed by atoms with van der Waals surface area (Å²) in [7, 11) is 1.56. The number of carbonyl (C=O) groups excluding carboxylic acids is 2. The second kappa shape index (κ2) is 9.22. The number of benzene rings is 2. The molecule has 28 heavy (non-hydrogen) atoms. The molecule has 0 radical (unpaired) electrons. The molecule has 0 aromatic heterocycles. The molecule has 2 aromatic rings. The van der Waals surface area contributed by atoms with Gasteiger partial charge in [0.05, 0.1) is 18.7 Å². The minimum atomic E-state index is -0.490. The molecular formula is C23H26N2O3. The van der Waals surface area contributed by atoms with Crippen LogP contribution in [-0.2, 0) is 9.59 Å². The number of fused-ring (bicyclic) bond motifs is 1. The number of methoxy groups -OCH3 is 1. The number of rotatable bonds is 7. The molecule has 0 saturated heterocycles. The van der Waals surface area contributed by atoms with Crippen molar-refractivity contribution in [1.29, 1.82) is 0 Å². The van der Waals surface area contributed by atoms with E-state index < -0.39 is 5.92 Å². The lowest BCUT2D eigenvalue weighted by molar-refractivity contribution is -0.134. The van der Waals surface area contributed by atoms with Crippen molar-refractivity contribution in [3.05, 3.63) is 65.7 Å². The molecule has 1 atom stereocenters. The number of nitrogens with zero attached hydrogens (tertiary/aromatic N) is 1. The van der Waals surface area contributed by atoms with Gasteiger partial charge in [-0.25, -0.2) is 0 Å². The van der Waals surface area contributed by atoms with Crippen molar-refractivity contribution in [2.75, 3.05) is 25.5 Å². The molecule has 5 heteroatoms. The summed E-state index contributed by atoms with van der Waals surface area (Å²) >= 11 is 0. The highest BCUT2D eigenvalue weighted by molar-refractivity contribution is 6.02. The lowest BCUT2D eigenvalue weighted by Gasteiger charge is -2.30. The Hall–Kier alpha value is -3.08. The van der Waals surface area contributed by atoms with Gasteiger partial charge < -0.3 is 15.0 Å². The average Bonchev–Trinajstić information content (AvgIpc) is 2.72. The van der Waals surface area contributed by atoms with Crippen molar-refractivity contribution in [2.45, 2.75) is 25.7 Å². The summed E-state index contributed by atoms with van der Waals surface area (Å²) < 4.78 is 5.36. The van der Waals surface area contributed by atoms with Gasteiger partial charge in [-0.1, -0.05) is 61.5 Å². The van der Waals surface area contributed by atoms with Crippen LogP contribution in [0.4, 0.5) is 5.69 Å². The van der Waals surface area contributed by atoms with Crippen molar-refractivity contribution >= 4 is 23.6 Å². The summed E-state index contributed by atoms with van der Waals surface area (Å²) in [6.07, 6.45) is 5.02. The minimum absolute atomic E-state index is 0.0242. The molecule has 5 nitrogen and oxygen atoms in total. The summed E-state index contributed by atoms with van der Waals surface area (Å²) in [5, 5.41) is 2.85. The van der Waals surface area contributed by atoms with Crippen LogP contribution in [0.25, 0.3) is 6.08 Å². The van der Waals surface area contributed by atoms with Crippen molar-refractivity contribution in [3.8, 4) is 5.75 Å². The molecule has 1 N–H and O–H groups in total. The Labute approximate surface area is 166 Å². The minimum Gasteiger partial charge on any atom is -0.495 e. The second-order valence-corrected chi connectivity index (χ2v) is 6.83. The molecule has 0 bridgehead atoms. The molecule has 1 heterocycles. The maximum atomic E-state index is 13.3. The van der Waals surface area contributed by atoms with Crippen LogP contribution in [0, 0.1) is 0 Å². The van der Waals surface area contributed by atoms with E-state index in [0.29, 0.717) is 24.5 Å². The maximum Gasteiger partial charge on any atom is 0.231 e. The van der Waals surface area contributed by atoms with Crippen molar-refractivity contribution < 1.29 is 14.3 Å². The molecule has 146 valence electrons. The third-order valence-electron chi connectivity index (χ3n) is 4.85. The highest BCUT2D eigenvalue weighted by Crippen LogP contribution is 2.39. The molecular weight excluding hydrogens is 352 g/mol. The Morgan fingerprint density at radius 2 is 2.00 bits per heavy atom. The fourth-order valence-corrected chi connectivity index (χ4v) is 3.51. The third kappa shape index (κ3) is 4.42. The average molecular weight is 378 g/mol. The highest BCUT2D eigenvalue weighted by atomic mass is 16.5. The van der Waals surface area contributed by atoms with Crippen LogP contribution >= 0.6 is 0 Å². The van der Waals surface area contributed by atoms with Gasteiger partial charge in [0.1, 0.15) is 5.75 Å². The van der Waals surface area contributed by atoms with E-state index in [0.717, 1.165) is 17.5 Å². The van der Waals surface area contributed by atoms with Gasteiger partial charge >= 0.3 is 0 Å². The molecule has 3 rings (SSSR count). The van der Waals surface area contributed by atoms with Crippen LogP contribution in [0.5, 0.6) is 5.75 Å². The van der Waals surface area contributed by atoms with Gasteiger partial charge in [-0.15, -0.1) is 0 Å². The summed E-state index contributed by atoms with van der Waals surface area (Å²) in [4.78, 5) is 27.4. The molecule has 2 amide bonds. The van der Waals surface area contributed by atoms with Crippen molar-refractivity contribution in [1.82, 2.24) is 4.90 Å². The van der Waals surface area contributed by atoms with Gasteiger partial charge in [0, 0.05) is 19.5 Å². The predicted octanol–water partition coefficient (Wildman–Crippen LogP) is 4.07. The summed E-state index contributed by atoms with van der Waals surface area (Å²) in [6.45, 7) is 3.21. The number of hydrogen-bond donors (Lipinski definition) is 1. The van der Waals surface area contributed by atoms with Gasteiger partial charge in [-0.05, 0) is 23.6 Å². The quantitative estimate of drug-likeness (QED) is 0.790. The van der Waals surface area contributed by atoms with E-state index in [2.05, 4.69) is 5.32 Å². The monoisotopic (exact) mass is 378 g/mol. The first-order valence-corrected chi connectivity index (χ1v) is 9.61. The van der Waals surface area contributed by atoms with E-state index in [1.807, 2.05) is 66.4 Å². The van der Waals surface area contributed by atoms with Crippen molar-refractivity contribution in [3.63, 3.8) is 0 Å². The van der Waals surface area contributed by atoms with Gasteiger partial charge in [0.2, 0.25) is 11.8 Å². The van der Waals surface area contributed by atoms with E-state index in [9.17, 15) is 9.59 Å². The normalized spacial score (nSPS) is 15.8. The molecule has 0 saturated carbocycles. The Morgan fingerprint density at radius 1 is 1.21 bits per heavy atom. The van der Waals surface area contributed by atoms with Crippen molar-refractivity contribution in [2.24, 2.45) is 0 Å². The third-order valence-corrected chi connectivity index (χ3v) is 4.85. The second-order valence-electron chi connectivity index (χ2n) is 6.83. The SMILES string of the molecule is CCCN(C/C=C/c1ccccc1)C(=O)C1CC(=O)Nc2c(OC)cccc21. The zero-order valence-corrected chi connectivity index (χ0v) is 16.4. The fourth-order valence-electron chi connectivity index (χ4n) is 3.51. The topological polar surface area (TPSA) is 58.6 Å². The fraction of sp³-hybridized carbons (Fsp3) is 0.304. The molecule has 0 aliphatic carbocycles. The molecule has 1 aliphatic rings. The molecule has 2 aromatic carbocycles. The Bertz CT molecular complexity index is 861. The van der Waals surface area contributed by atoms with E-state index >= 15 is 0 Å². The van der Waals surface area contributed by atoms with Gasteiger partial charge in [-0.2, -0.15) is 0 Å². The first kappa shape index (κ1) is 19.7. The molecule has 1 unspecified atom stereocenters. The van der Waals surface area contributed by atoms with E-state index in [-0.39, 0.29) is 18.2 Å². The standard InChI is InChI=1S/C23H26N2O3/c1-3-14-25(15-8-11-17-9-5-4-6-10-17)23(27)19-16-21(26)24-22-18(19)12-7-13-20(22)28-2/h4-13,19H,3,14-16H2,1-2H3,(H,24,26)/b11-8+. The van der Waals surface area contributed by atoms with E-state index in [4.69, 9.17) is 4.74 Å². The van der Waals surface area contributed by atoms with E-state index in [1.165, 1.54) is 0 Å². The number of anilines is 1. The molecule has 0 spiro atoms. The molecule has 1 aliphatic heterocycles. The first-order valence-electron chi connectivity index (χ1n) is 9.61. The van der Waals surface area contributed by atoms with Gasteiger partial charge in [0.25, 0.3) is 0 Å². The number of amides is 2. The molecule has 0 fully saturated rings. The smallest absolute Gasteiger partial charge is 0.231 e. The van der Waals surface area contributed by atoms with Crippen LogP contribution in [0.3, 0.4) is 0 Å². The lowest BCUT2D eigenvalue weighted by Crippen LogP contribution is -2.39. The zero-order chi connectivity index (χ0) is 19.9. The summed E-state index contributed by atoms with van der Waals surface area (Å²) in [5.74, 6) is -0.0968. The van der Waals surface area contributed by atoms with E-state index in [1.54, 1.807) is 13.2 Å². The number of hydrogen-bond acceptors (Lipinski definition) is 3. The largest absolute Gasteiger partial charge is 0.495 e. The maximum absolute atomic E-state index is 13.3. The lowest BCUT2D eigenvalue weighted by atomic mass is 9.89. The van der Waals surface area contributed by atoms with Crippen LogP contribution in [-0.4, -0.2) is 36.9 Å². The van der Waals surface area contributed by atoms with Gasteiger partial charge in [0.15, 0.2) is 0 Å². The number of para-hydroxylation sites is 1. The summed E-state index contributed by atoms with van der Waals surface area (Å²) in [6, 6.07) is 15.5. The Morgan fingerprint density at radius 3 is 2.71 bits per heavy atom. The number of carbonyl (C=O) groups is 2. The number of ether oxygens (including phenoxy) is 1.